The standard InChI is InChI=1S/C11H13NO.C10H17NO/c1-2-11(13)12-9-8-10-6-4-3-5-7-10;1-2-10(12)11-8-9-6-4-3-5-7-9/h2-7H,1,8-9H2,(H,12,13);2,9H,1,3-8H2,(H,11,12). The van der Waals surface area contributed by atoms with E-state index in [9.17, 15) is 9.59 Å². The molecule has 0 atom stereocenters. The van der Waals surface area contributed by atoms with E-state index in [2.05, 4.69) is 23.8 Å². The van der Waals surface area contributed by atoms with Gasteiger partial charge in [0.25, 0.3) is 0 Å². The van der Waals surface area contributed by atoms with Crippen molar-refractivity contribution < 1.29 is 9.59 Å². The highest BCUT2D eigenvalue weighted by Crippen LogP contribution is 2.22. The molecule has 1 fully saturated rings. The zero-order valence-electron chi connectivity index (χ0n) is 15.0. The average Bonchev–Trinajstić information content (AvgIpc) is 2.68. The molecule has 0 saturated heterocycles. The van der Waals surface area contributed by atoms with Crippen LogP contribution < -0.4 is 10.6 Å². The molecule has 2 amide bonds. The number of hydrogen-bond donors (Lipinski definition) is 2. The first kappa shape index (κ1) is 20.7. The summed E-state index contributed by atoms with van der Waals surface area (Å²) in [5.74, 6) is 0.555. The average molecular weight is 342 g/mol. The number of amides is 2. The van der Waals surface area contributed by atoms with Gasteiger partial charge >= 0.3 is 0 Å². The maximum atomic E-state index is 10.8. The lowest BCUT2D eigenvalue weighted by molar-refractivity contribution is -0.117. The Morgan fingerprint density at radius 1 is 0.960 bits per heavy atom. The van der Waals surface area contributed by atoms with Gasteiger partial charge in [-0.15, -0.1) is 0 Å². The number of nitrogens with one attached hydrogen (secondary N) is 2. The van der Waals surface area contributed by atoms with Gasteiger partial charge in [-0.1, -0.05) is 62.8 Å². The number of carbonyl (C=O) groups is 2. The molecular weight excluding hydrogens is 312 g/mol. The van der Waals surface area contributed by atoms with Crippen molar-refractivity contribution in [3.8, 4) is 0 Å². The zero-order valence-corrected chi connectivity index (χ0v) is 15.0. The molecule has 0 spiro atoms. The van der Waals surface area contributed by atoms with Crippen LogP contribution in [0.1, 0.15) is 37.7 Å². The SMILES string of the molecule is C=CC(=O)NCC1CCCCC1.C=CC(=O)NCCc1ccccc1. The van der Waals surface area contributed by atoms with E-state index in [1.54, 1.807) is 0 Å². The lowest BCUT2D eigenvalue weighted by Gasteiger charge is -2.21. The second-order valence-electron chi connectivity index (χ2n) is 6.18. The Morgan fingerprint density at radius 2 is 1.56 bits per heavy atom. The van der Waals surface area contributed by atoms with E-state index in [4.69, 9.17) is 0 Å². The third kappa shape index (κ3) is 10.2. The summed E-state index contributed by atoms with van der Waals surface area (Å²) >= 11 is 0. The summed E-state index contributed by atoms with van der Waals surface area (Å²) < 4.78 is 0. The quantitative estimate of drug-likeness (QED) is 0.746. The van der Waals surface area contributed by atoms with Crippen LogP contribution in [-0.4, -0.2) is 24.9 Å². The van der Waals surface area contributed by atoms with E-state index in [1.165, 1.54) is 49.8 Å². The number of carbonyl (C=O) groups excluding carboxylic acids is 2. The summed E-state index contributed by atoms with van der Waals surface area (Å²) in [5, 5.41) is 5.57. The van der Waals surface area contributed by atoms with Crippen LogP contribution in [0.3, 0.4) is 0 Å². The van der Waals surface area contributed by atoms with Gasteiger partial charge in [0.2, 0.25) is 11.8 Å². The van der Waals surface area contributed by atoms with Crippen molar-refractivity contribution >= 4 is 11.8 Å². The van der Waals surface area contributed by atoms with Gasteiger partial charge in [-0.25, -0.2) is 0 Å². The van der Waals surface area contributed by atoms with Crippen molar-refractivity contribution in [2.45, 2.75) is 38.5 Å². The Hall–Kier alpha value is -2.36. The summed E-state index contributed by atoms with van der Waals surface area (Å²) in [7, 11) is 0. The molecule has 1 aromatic carbocycles. The van der Waals surface area contributed by atoms with Crippen LogP contribution in [0.5, 0.6) is 0 Å². The zero-order chi connectivity index (χ0) is 18.3. The Labute approximate surface area is 151 Å². The van der Waals surface area contributed by atoms with E-state index in [0.29, 0.717) is 12.5 Å². The molecule has 0 heterocycles. The van der Waals surface area contributed by atoms with Crippen LogP contribution >= 0.6 is 0 Å². The van der Waals surface area contributed by atoms with Crippen LogP contribution in [-0.2, 0) is 16.0 Å². The van der Waals surface area contributed by atoms with Crippen molar-refractivity contribution in [1.82, 2.24) is 10.6 Å². The van der Waals surface area contributed by atoms with Crippen molar-refractivity contribution in [3.05, 3.63) is 61.2 Å². The number of rotatable bonds is 7. The molecule has 0 aliphatic heterocycles. The summed E-state index contributed by atoms with van der Waals surface area (Å²) in [6, 6.07) is 10.0. The minimum absolute atomic E-state index is 0.0411. The Morgan fingerprint density at radius 3 is 2.16 bits per heavy atom. The molecular formula is C21H30N2O2. The van der Waals surface area contributed by atoms with Gasteiger partial charge in [-0.3, -0.25) is 9.59 Å². The molecule has 25 heavy (non-hydrogen) atoms. The predicted molar refractivity (Wildman–Crippen MR) is 103 cm³/mol. The number of hydrogen-bond acceptors (Lipinski definition) is 2. The summed E-state index contributed by atoms with van der Waals surface area (Å²) in [4.78, 5) is 21.6. The molecule has 2 N–H and O–H groups in total. The maximum absolute atomic E-state index is 10.8. The molecule has 2 rings (SSSR count). The van der Waals surface area contributed by atoms with Crippen LogP contribution in [0, 0.1) is 5.92 Å². The van der Waals surface area contributed by atoms with Crippen LogP contribution in [0.4, 0.5) is 0 Å². The van der Waals surface area contributed by atoms with E-state index in [-0.39, 0.29) is 11.8 Å². The van der Waals surface area contributed by atoms with E-state index >= 15 is 0 Å². The van der Waals surface area contributed by atoms with Crippen LogP contribution in [0.25, 0.3) is 0 Å². The van der Waals surface area contributed by atoms with E-state index in [0.717, 1.165) is 13.0 Å². The maximum Gasteiger partial charge on any atom is 0.243 e. The predicted octanol–water partition coefficient (Wildman–Crippen LogP) is 3.40. The molecule has 1 aliphatic carbocycles. The summed E-state index contributed by atoms with van der Waals surface area (Å²) in [6.45, 7) is 8.29. The highest BCUT2D eigenvalue weighted by molar-refractivity contribution is 5.87. The van der Waals surface area contributed by atoms with Crippen LogP contribution in [0.2, 0.25) is 0 Å². The molecule has 1 aromatic rings. The normalized spacial score (nSPS) is 13.8. The van der Waals surface area contributed by atoms with Gasteiger partial charge in [-0.05, 0) is 42.9 Å². The first-order valence-electron chi connectivity index (χ1n) is 9.00. The van der Waals surface area contributed by atoms with Crippen molar-refractivity contribution in [1.29, 1.82) is 0 Å². The second kappa shape index (κ2) is 13.0. The minimum Gasteiger partial charge on any atom is -0.352 e. The van der Waals surface area contributed by atoms with Crippen molar-refractivity contribution in [2.75, 3.05) is 13.1 Å². The fourth-order valence-electron chi connectivity index (χ4n) is 2.76. The molecule has 0 bridgehead atoms. The van der Waals surface area contributed by atoms with Gasteiger partial charge in [0.15, 0.2) is 0 Å². The molecule has 0 aromatic heterocycles. The molecule has 0 radical (unpaired) electrons. The van der Waals surface area contributed by atoms with Gasteiger partial charge in [0.05, 0.1) is 0 Å². The van der Waals surface area contributed by atoms with Crippen molar-refractivity contribution in [2.24, 2.45) is 5.92 Å². The van der Waals surface area contributed by atoms with E-state index in [1.807, 2.05) is 30.3 Å². The Bertz CT molecular complexity index is 534. The fourth-order valence-corrected chi connectivity index (χ4v) is 2.76. The molecule has 4 heteroatoms. The molecule has 136 valence electrons. The number of benzene rings is 1. The third-order valence-corrected chi connectivity index (χ3v) is 4.22. The third-order valence-electron chi connectivity index (χ3n) is 4.22. The first-order chi connectivity index (χ1) is 12.2. The summed E-state index contributed by atoms with van der Waals surface area (Å²) in [5.41, 5.74) is 1.23. The molecule has 4 nitrogen and oxygen atoms in total. The minimum atomic E-state index is -0.115. The highest BCUT2D eigenvalue weighted by Gasteiger charge is 2.13. The van der Waals surface area contributed by atoms with Gasteiger partial charge < -0.3 is 10.6 Å². The lowest BCUT2D eigenvalue weighted by Crippen LogP contribution is -2.28. The first-order valence-corrected chi connectivity index (χ1v) is 9.00. The molecule has 1 saturated carbocycles. The summed E-state index contributed by atoms with van der Waals surface area (Å²) in [6.07, 6.45) is 10.1. The monoisotopic (exact) mass is 342 g/mol. The lowest BCUT2D eigenvalue weighted by atomic mass is 9.89. The fraction of sp³-hybridized carbons (Fsp3) is 0.429. The highest BCUT2D eigenvalue weighted by atomic mass is 16.2. The Kier molecular flexibility index (Phi) is 10.7. The van der Waals surface area contributed by atoms with Gasteiger partial charge in [0, 0.05) is 13.1 Å². The van der Waals surface area contributed by atoms with Gasteiger partial charge in [0.1, 0.15) is 0 Å². The van der Waals surface area contributed by atoms with Crippen LogP contribution in [0.15, 0.2) is 55.6 Å². The largest absolute Gasteiger partial charge is 0.352 e. The second-order valence-corrected chi connectivity index (χ2v) is 6.18. The smallest absolute Gasteiger partial charge is 0.243 e. The van der Waals surface area contributed by atoms with Gasteiger partial charge in [-0.2, -0.15) is 0 Å². The van der Waals surface area contributed by atoms with E-state index < -0.39 is 0 Å². The van der Waals surface area contributed by atoms with Crippen molar-refractivity contribution in [3.63, 3.8) is 0 Å². The molecule has 1 aliphatic rings. The Balaban J connectivity index is 0.000000251. The molecule has 0 unspecified atom stereocenters. The topological polar surface area (TPSA) is 58.2 Å².